The number of benzene rings is 1. The van der Waals surface area contributed by atoms with E-state index in [2.05, 4.69) is 5.32 Å². The highest BCUT2D eigenvalue weighted by molar-refractivity contribution is 7.92. The van der Waals surface area contributed by atoms with Gasteiger partial charge in [0.25, 0.3) is 5.91 Å². The Morgan fingerprint density at radius 2 is 1.92 bits per heavy atom. The van der Waals surface area contributed by atoms with Gasteiger partial charge in [0.1, 0.15) is 0 Å². The van der Waals surface area contributed by atoms with Crippen molar-refractivity contribution in [2.45, 2.75) is 50.2 Å². The lowest BCUT2D eigenvalue weighted by Crippen LogP contribution is -2.48. The Morgan fingerprint density at radius 1 is 1.24 bits per heavy atom. The molecule has 6 nitrogen and oxygen atoms in total. The maximum Gasteiger partial charge on any atom is 0.253 e. The summed E-state index contributed by atoms with van der Waals surface area (Å²) in [5.74, 6) is 0.0342. The van der Waals surface area contributed by atoms with Gasteiger partial charge in [-0.25, -0.2) is 8.42 Å². The number of piperidine rings is 1. The van der Waals surface area contributed by atoms with E-state index in [-0.39, 0.29) is 11.9 Å². The van der Waals surface area contributed by atoms with E-state index in [1.807, 2.05) is 18.0 Å². The summed E-state index contributed by atoms with van der Waals surface area (Å²) in [6.07, 6.45) is 6.34. The molecule has 25 heavy (non-hydrogen) atoms. The fraction of sp³-hybridized carbons (Fsp3) is 0.611. The second-order valence-corrected chi connectivity index (χ2v) is 9.51. The van der Waals surface area contributed by atoms with Gasteiger partial charge in [-0.2, -0.15) is 0 Å². The van der Waals surface area contributed by atoms with Crippen molar-refractivity contribution in [2.75, 3.05) is 24.2 Å². The van der Waals surface area contributed by atoms with Crippen LogP contribution in [0.25, 0.3) is 0 Å². The molecule has 3 aliphatic heterocycles. The number of sulfonamides is 1. The van der Waals surface area contributed by atoms with Gasteiger partial charge in [-0.1, -0.05) is 0 Å². The summed E-state index contributed by atoms with van der Waals surface area (Å²) in [4.78, 5) is 14.8. The molecule has 2 atom stereocenters. The zero-order valence-corrected chi connectivity index (χ0v) is 15.6. The van der Waals surface area contributed by atoms with E-state index >= 15 is 0 Å². The minimum absolute atomic E-state index is 0.0342. The molecule has 0 aromatic heterocycles. The lowest BCUT2D eigenvalue weighted by molar-refractivity contribution is 0.0681. The zero-order valence-electron chi connectivity index (χ0n) is 14.7. The number of rotatable bonds is 3. The summed E-state index contributed by atoms with van der Waals surface area (Å²) in [5, 5.41) is 3.61. The Balaban J connectivity index is 1.53. The molecule has 2 saturated heterocycles. The third kappa shape index (κ3) is 3.04. The van der Waals surface area contributed by atoms with Gasteiger partial charge in [0.2, 0.25) is 10.0 Å². The molecule has 3 heterocycles. The highest BCUT2D eigenvalue weighted by Gasteiger charge is 2.36. The highest BCUT2D eigenvalue weighted by Crippen LogP contribution is 2.32. The van der Waals surface area contributed by atoms with E-state index in [1.165, 1.54) is 23.4 Å². The van der Waals surface area contributed by atoms with Crippen molar-refractivity contribution in [3.05, 3.63) is 29.3 Å². The van der Waals surface area contributed by atoms with Crippen LogP contribution in [0.15, 0.2) is 18.2 Å². The molecule has 1 aromatic carbocycles. The third-order valence-corrected chi connectivity index (χ3v) is 7.08. The smallest absolute Gasteiger partial charge is 0.253 e. The fourth-order valence-corrected chi connectivity index (χ4v) is 5.52. The molecule has 0 radical (unpaired) electrons. The van der Waals surface area contributed by atoms with E-state index in [4.69, 9.17) is 0 Å². The van der Waals surface area contributed by atoms with Gasteiger partial charge >= 0.3 is 0 Å². The van der Waals surface area contributed by atoms with Gasteiger partial charge in [-0.3, -0.25) is 9.10 Å². The van der Waals surface area contributed by atoms with Gasteiger partial charge in [-0.05, 0) is 55.9 Å². The van der Waals surface area contributed by atoms with Crippen LogP contribution in [0.5, 0.6) is 0 Å². The third-order valence-electron chi connectivity index (χ3n) is 5.90. The van der Waals surface area contributed by atoms with Crippen molar-refractivity contribution >= 4 is 21.6 Å². The summed E-state index contributed by atoms with van der Waals surface area (Å²) in [5.41, 5.74) is 2.30. The van der Waals surface area contributed by atoms with Crippen LogP contribution in [0.4, 0.5) is 5.69 Å². The Kier molecular flexibility index (Phi) is 4.03. The van der Waals surface area contributed by atoms with E-state index < -0.39 is 10.0 Å². The lowest BCUT2D eigenvalue weighted by Gasteiger charge is -2.35. The summed E-state index contributed by atoms with van der Waals surface area (Å²) in [7, 11) is -1.36. The molecule has 4 rings (SSSR count). The number of anilines is 1. The summed E-state index contributed by atoms with van der Waals surface area (Å²) >= 11 is 0. The van der Waals surface area contributed by atoms with Crippen LogP contribution in [0.2, 0.25) is 0 Å². The Hall–Kier alpha value is -1.60. The van der Waals surface area contributed by atoms with Gasteiger partial charge in [-0.15, -0.1) is 0 Å². The fourth-order valence-electron chi connectivity index (χ4n) is 4.56. The predicted molar refractivity (Wildman–Crippen MR) is 97.4 cm³/mol. The first-order valence-corrected chi connectivity index (χ1v) is 10.8. The maximum atomic E-state index is 12.9. The van der Waals surface area contributed by atoms with Crippen LogP contribution in [0.3, 0.4) is 0 Å². The predicted octanol–water partition coefficient (Wildman–Crippen LogP) is 1.36. The van der Waals surface area contributed by atoms with Crippen molar-refractivity contribution in [3.63, 3.8) is 0 Å². The molecule has 1 aromatic rings. The molecular formula is C18H25N3O3S. The number of hydrogen-bond acceptors (Lipinski definition) is 4. The molecule has 0 saturated carbocycles. The number of hydrogen-bond donors (Lipinski definition) is 1. The average molecular weight is 363 g/mol. The molecular weight excluding hydrogens is 338 g/mol. The molecule has 136 valence electrons. The van der Waals surface area contributed by atoms with Crippen molar-refractivity contribution in [3.8, 4) is 0 Å². The van der Waals surface area contributed by atoms with Crippen molar-refractivity contribution in [1.82, 2.24) is 10.2 Å². The lowest BCUT2D eigenvalue weighted by atomic mass is 9.97. The first-order chi connectivity index (χ1) is 11.8. The van der Waals surface area contributed by atoms with Crippen LogP contribution in [0.1, 0.15) is 41.6 Å². The largest absolute Gasteiger partial charge is 0.339 e. The molecule has 7 heteroatoms. The van der Waals surface area contributed by atoms with Crippen molar-refractivity contribution < 1.29 is 13.2 Å². The first-order valence-electron chi connectivity index (χ1n) is 8.97. The number of carbonyl (C=O) groups is 1. The van der Waals surface area contributed by atoms with Crippen LogP contribution in [-0.4, -0.2) is 57.2 Å². The van der Waals surface area contributed by atoms with Gasteiger partial charge < -0.3 is 10.2 Å². The van der Waals surface area contributed by atoms with E-state index in [0.29, 0.717) is 36.3 Å². The monoisotopic (exact) mass is 363 g/mol. The topological polar surface area (TPSA) is 69.7 Å². The minimum Gasteiger partial charge on any atom is -0.339 e. The molecule has 2 bridgehead atoms. The van der Waals surface area contributed by atoms with E-state index in [9.17, 15) is 13.2 Å². The second kappa shape index (κ2) is 5.99. The summed E-state index contributed by atoms with van der Waals surface area (Å²) in [6, 6.07) is 6.78. The molecule has 1 N–H and O–H groups in total. The normalized spacial score (nSPS) is 28.1. The van der Waals surface area contributed by atoms with Crippen LogP contribution < -0.4 is 9.62 Å². The maximum absolute atomic E-state index is 12.9. The Bertz CT molecular complexity index is 796. The average Bonchev–Trinajstić information content (AvgIpc) is 3.15. The summed E-state index contributed by atoms with van der Waals surface area (Å²) < 4.78 is 25.1. The molecule has 3 aliphatic rings. The molecule has 0 aliphatic carbocycles. The number of fused-ring (bicyclic) bond motifs is 3. The number of nitrogens with zero attached hydrogens (tertiary/aromatic N) is 2. The van der Waals surface area contributed by atoms with Crippen molar-refractivity contribution in [2.24, 2.45) is 0 Å². The van der Waals surface area contributed by atoms with Crippen molar-refractivity contribution in [1.29, 1.82) is 0 Å². The van der Waals surface area contributed by atoms with Gasteiger partial charge in [0, 0.05) is 37.3 Å². The molecule has 1 amide bonds. The van der Waals surface area contributed by atoms with Gasteiger partial charge in [0.15, 0.2) is 0 Å². The minimum atomic E-state index is -3.26. The standard InChI is InChI=1S/C18H25N3O3S/c1-20(16-10-14-4-5-15(11-16)19-14)18(22)13-3-6-17-12(9-13)7-8-21(17)25(2,23)24/h3,6,9,14-16,19H,4-5,7-8,10-11H2,1-2H3. The number of amides is 1. The Labute approximate surface area is 149 Å². The van der Waals surface area contributed by atoms with Crippen LogP contribution in [-0.2, 0) is 16.4 Å². The quantitative estimate of drug-likeness (QED) is 0.880. The number of carbonyl (C=O) groups excluding carboxylic acids is 1. The number of nitrogens with one attached hydrogen (secondary N) is 1. The SMILES string of the molecule is CN(C(=O)c1ccc2c(c1)CCN2S(C)(=O)=O)C1CC2CCC(C1)N2. The van der Waals surface area contributed by atoms with E-state index in [0.717, 1.165) is 18.4 Å². The molecule has 2 unspecified atom stereocenters. The summed E-state index contributed by atoms with van der Waals surface area (Å²) in [6.45, 7) is 0.458. The second-order valence-electron chi connectivity index (χ2n) is 7.61. The molecule has 0 spiro atoms. The Morgan fingerprint density at radius 3 is 2.56 bits per heavy atom. The highest BCUT2D eigenvalue weighted by atomic mass is 32.2. The van der Waals surface area contributed by atoms with Gasteiger partial charge in [0.05, 0.1) is 11.9 Å². The van der Waals surface area contributed by atoms with Crippen LogP contribution >= 0.6 is 0 Å². The van der Waals surface area contributed by atoms with E-state index in [1.54, 1.807) is 12.1 Å². The molecule has 2 fully saturated rings. The zero-order chi connectivity index (χ0) is 17.8. The van der Waals surface area contributed by atoms with Crippen LogP contribution in [0, 0.1) is 0 Å². The first kappa shape index (κ1) is 16.8.